The van der Waals surface area contributed by atoms with E-state index in [0.29, 0.717) is 35.4 Å². The van der Waals surface area contributed by atoms with Crippen LogP contribution in [0, 0.1) is 6.92 Å². The fraction of sp³-hybridized carbons (Fsp3) is 0.379. The Kier molecular flexibility index (Phi) is 6.46. The minimum Gasteiger partial charge on any atom is -0.329 e. The van der Waals surface area contributed by atoms with Crippen LogP contribution in [0.1, 0.15) is 54.6 Å². The number of imidazole rings is 1. The standard InChI is InChI=1S/C29H31N7O3/c1-18-7-5-9-25(31-18)32-29(39)23-8-6-14-35(23)27(38)17-36-22-12-11-20(15-21(22)28(33-36)19(2)37)24-16-30-26-10-3-4-13-34(24)26/h5,7,9,11-12,15-16,23H,3-4,6,8,10,13-14,17H2,1-2H3,(H,31,32,39). The molecule has 1 aromatic carbocycles. The van der Waals surface area contributed by atoms with Crippen LogP contribution in [0.15, 0.2) is 42.6 Å². The number of hydrogen-bond donors (Lipinski definition) is 1. The van der Waals surface area contributed by atoms with Gasteiger partial charge in [-0.2, -0.15) is 5.10 Å². The maximum absolute atomic E-state index is 13.4. The molecule has 1 fully saturated rings. The molecule has 2 amide bonds. The van der Waals surface area contributed by atoms with Crippen LogP contribution in [0.5, 0.6) is 0 Å². The number of anilines is 1. The second-order valence-electron chi connectivity index (χ2n) is 10.4. The number of aryl methyl sites for hydroxylation is 2. The summed E-state index contributed by atoms with van der Waals surface area (Å²) in [6.07, 6.45) is 6.46. The highest BCUT2D eigenvalue weighted by Gasteiger charge is 2.34. The average molecular weight is 526 g/mol. The largest absolute Gasteiger partial charge is 0.329 e. The van der Waals surface area contributed by atoms with Crippen molar-refractivity contribution in [3.63, 3.8) is 0 Å². The molecule has 5 heterocycles. The van der Waals surface area contributed by atoms with Gasteiger partial charge in [-0.3, -0.25) is 19.1 Å². The van der Waals surface area contributed by atoms with Gasteiger partial charge in [0.2, 0.25) is 11.8 Å². The number of rotatable bonds is 6. The molecule has 6 rings (SSSR count). The number of amides is 2. The number of aromatic nitrogens is 5. The van der Waals surface area contributed by atoms with Crippen LogP contribution in [0.3, 0.4) is 0 Å². The summed E-state index contributed by atoms with van der Waals surface area (Å²) in [5, 5.41) is 8.10. The van der Waals surface area contributed by atoms with Gasteiger partial charge in [0.15, 0.2) is 5.78 Å². The average Bonchev–Trinajstić information content (AvgIpc) is 3.66. The van der Waals surface area contributed by atoms with Gasteiger partial charge in [0, 0.05) is 43.1 Å². The normalized spacial score (nSPS) is 16.9. The highest BCUT2D eigenvalue weighted by molar-refractivity contribution is 6.06. The van der Waals surface area contributed by atoms with E-state index >= 15 is 0 Å². The Morgan fingerprint density at radius 1 is 1.08 bits per heavy atom. The Morgan fingerprint density at radius 2 is 1.95 bits per heavy atom. The lowest BCUT2D eigenvalue weighted by atomic mass is 10.1. The Labute approximate surface area is 226 Å². The zero-order valence-electron chi connectivity index (χ0n) is 22.2. The van der Waals surface area contributed by atoms with Crippen LogP contribution in [0.4, 0.5) is 5.82 Å². The molecule has 1 unspecified atom stereocenters. The SMILES string of the molecule is CC(=O)c1nn(CC(=O)N2CCCC2C(=O)Nc2cccc(C)n2)c2ccc(-c3cnc4n3CCCC4)cc12. The Bertz CT molecular complexity index is 1600. The van der Waals surface area contributed by atoms with Crippen molar-refractivity contribution in [1.29, 1.82) is 0 Å². The predicted molar refractivity (Wildman–Crippen MR) is 146 cm³/mol. The first-order chi connectivity index (χ1) is 18.9. The number of Topliss-reactive ketones (excluding diaryl/α,β-unsaturated/α-hetero) is 1. The fourth-order valence-corrected chi connectivity index (χ4v) is 5.74. The molecule has 4 aromatic rings. The number of ketones is 1. The van der Waals surface area contributed by atoms with E-state index in [1.807, 2.05) is 43.5 Å². The van der Waals surface area contributed by atoms with E-state index < -0.39 is 6.04 Å². The lowest BCUT2D eigenvalue weighted by molar-refractivity contribution is -0.137. The number of carbonyl (C=O) groups is 3. The minimum atomic E-state index is -0.575. The monoisotopic (exact) mass is 525 g/mol. The van der Waals surface area contributed by atoms with Crippen molar-refractivity contribution in [2.24, 2.45) is 0 Å². The first kappa shape index (κ1) is 25.0. The topological polar surface area (TPSA) is 115 Å². The molecule has 0 spiro atoms. The van der Waals surface area contributed by atoms with E-state index in [0.717, 1.165) is 55.0 Å². The van der Waals surface area contributed by atoms with Gasteiger partial charge >= 0.3 is 0 Å². The summed E-state index contributed by atoms with van der Waals surface area (Å²) < 4.78 is 3.83. The van der Waals surface area contributed by atoms with Crippen molar-refractivity contribution in [1.82, 2.24) is 29.2 Å². The zero-order chi connectivity index (χ0) is 27.1. The van der Waals surface area contributed by atoms with Crippen molar-refractivity contribution in [3.8, 4) is 11.3 Å². The minimum absolute atomic E-state index is 0.0579. The number of carbonyl (C=O) groups excluding carboxylic acids is 3. The van der Waals surface area contributed by atoms with Crippen LogP contribution in [-0.4, -0.2) is 59.4 Å². The molecule has 10 nitrogen and oxygen atoms in total. The maximum atomic E-state index is 13.4. The molecular formula is C29H31N7O3. The molecule has 39 heavy (non-hydrogen) atoms. The van der Waals surface area contributed by atoms with Gasteiger partial charge < -0.3 is 14.8 Å². The van der Waals surface area contributed by atoms with Crippen LogP contribution in [0.25, 0.3) is 22.2 Å². The molecule has 2 aliphatic heterocycles. The number of nitrogens with zero attached hydrogens (tertiary/aromatic N) is 6. The molecule has 0 radical (unpaired) electrons. The van der Waals surface area contributed by atoms with Gasteiger partial charge in [0.1, 0.15) is 29.9 Å². The predicted octanol–water partition coefficient (Wildman–Crippen LogP) is 3.77. The number of benzene rings is 1. The number of fused-ring (bicyclic) bond motifs is 2. The Balaban J connectivity index is 1.26. The summed E-state index contributed by atoms with van der Waals surface area (Å²) in [6.45, 7) is 4.71. The third kappa shape index (κ3) is 4.71. The molecule has 3 aromatic heterocycles. The van der Waals surface area contributed by atoms with E-state index in [1.54, 1.807) is 15.6 Å². The number of likely N-dealkylation sites (tertiary alicyclic amines) is 1. The van der Waals surface area contributed by atoms with Crippen LogP contribution in [-0.2, 0) is 29.1 Å². The van der Waals surface area contributed by atoms with Gasteiger partial charge in [0.25, 0.3) is 0 Å². The molecule has 200 valence electrons. The first-order valence-electron chi connectivity index (χ1n) is 13.5. The summed E-state index contributed by atoms with van der Waals surface area (Å²) in [6, 6.07) is 10.7. The second kappa shape index (κ2) is 10.1. The summed E-state index contributed by atoms with van der Waals surface area (Å²) in [5.74, 6) is 0.939. The number of nitrogens with one attached hydrogen (secondary N) is 1. The van der Waals surface area contributed by atoms with Crippen molar-refractivity contribution >= 4 is 34.3 Å². The zero-order valence-corrected chi connectivity index (χ0v) is 22.2. The van der Waals surface area contributed by atoms with Crippen molar-refractivity contribution in [3.05, 3.63) is 59.8 Å². The van der Waals surface area contributed by atoms with Crippen LogP contribution >= 0.6 is 0 Å². The summed E-state index contributed by atoms with van der Waals surface area (Å²) in [4.78, 5) is 49.6. The van der Waals surface area contributed by atoms with E-state index in [4.69, 9.17) is 0 Å². The fourth-order valence-electron chi connectivity index (χ4n) is 5.74. The van der Waals surface area contributed by atoms with E-state index in [9.17, 15) is 14.4 Å². The summed E-state index contributed by atoms with van der Waals surface area (Å²) in [7, 11) is 0. The van der Waals surface area contributed by atoms with Crippen molar-refractivity contribution in [2.45, 2.75) is 65.1 Å². The van der Waals surface area contributed by atoms with Crippen molar-refractivity contribution in [2.75, 3.05) is 11.9 Å². The smallest absolute Gasteiger partial charge is 0.248 e. The lowest BCUT2D eigenvalue weighted by Crippen LogP contribution is -2.44. The van der Waals surface area contributed by atoms with Gasteiger partial charge in [-0.25, -0.2) is 9.97 Å². The quantitative estimate of drug-likeness (QED) is 0.383. The van der Waals surface area contributed by atoms with E-state index in [2.05, 4.69) is 25.0 Å². The maximum Gasteiger partial charge on any atom is 0.248 e. The highest BCUT2D eigenvalue weighted by atomic mass is 16.2. The third-order valence-electron chi connectivity index (χ3n) is 7.65. The Morgan fingerprint density at radius 3 is 2.77 bits per heavy atom. The molecule has 2 aliphatic rings. The van der Waals surface area contributed by atoms with Gasteiger partial charge in [0.05, 0.1) is 17.4 Å². The number of pyridine rings is 1. The molecule has 1 saturated heterocycles. The second-order valence-corrected chi connectivity index (χ2v) is 10.4. The molecule has 10 heteroatoms. The van der Waals surface area contributed by atoms with Crippen molar-refractivity contribution < 1.29 is 14.4 Å². The summed E-state index contributed by atoms with van der Waals surface area (Å²) >= 11 is 0. The molecule has 0 saturated carbocycles. The molecular weight excluding hydrogens is 494 g/mol. The van der Waals surface area contributed by atoms with Gasteiger partial charge in [-0.15, -0.1) is 0 Å². The van der Waals surface area contributed by atoms with Crippen LogP contribution in [0.2, 0.25) is 0 Å². The molecule has 1 N–H and O–H groups in total. The van der Waals surface area contributed by atoms with Gasteiger partial charge in [-0.1, -0.05) is 12.1 Å². The number of hydrogen-bond acceptors (Lipinski definition) is 6. The van der Waals surface area contributed by atoms with Gasteiger partial charge in [-0.05, 0) is 56.9 Å². The Hall–Kier alpha value is -4.34. The lowest BCUT2D eigenvalue weighted by Gasteiger charge is -2.24. The first-order valence-corrected chi connectivity index (χ1v) is 13.5. The molecule has 0 aliphatic carbocycles. The summed E-state index contributed by atoms with van der Waals surface area (Å²) in [5.41, 5.74) is 3.84. The van der Waals surface area contributed by atoms with E-state index in [-0.39, 0.29) is 24.1 Å². The third-order valence-corrected chi connectivity index (χ3v) is 7.65. The highest BCUT2D eigenvalue weighted by Crippen LogP contribution is 2.30. The van der Waals surface area contributed by atoms with Crippen LogP contribution < -0.4 is 5.32 Å². The molecule has 0 bridgehead atoms. The van der Waals surface area contributed by atoms with E-state index in [1.165, 1.54) is 6.92 Å². The molecule has 1 atom stereocenters.